The molecule has 0 saturated carbocycles. The number of carbonyl (C=O) groups is 7. The van der Waals surface area contributed by atoms with Gasteiger partial charge in [-0.25, -0.2) is 28.8 Å². The van der Waals surface area contributed by atoms with Crippen molar-refractivity contribution in [2.45, 2.75) is 72.1 Å². The smallest absolute Gasteiger partial charge is 0.338 e. The Balaban J connectivity index is 1.24. The number of halogens is 3. The highest BCUT2D eigenvalue weighted by Gasteiger charge is 2.57. The fraction of sp³-hybridized carbons (Fsp3) is 0.241. The highest BCUT2D eigenvalue weighted by atomic mass is 35.6. The molecule has 2 heterocycles. The molecule has 0 amide bonds. The molecule has 6 aromatic rings. The maximum absolute atomic E-state index is 14.3. The van der Waals surface area contributed by atoms with Gasteiger partial charge in [-0.3, -0.25) is 10.2 Å². The summed E-state index contributed by atoms with van der Waals surface area (Å²) in [6.45, 7) is -0.606. The Bertz CT molecular complexity index is 3100. The summed E-state index contributed by atoms with van der Waals surface area (Å²) in [4.78, 5) is 97.5. The topological polar surface area (TPSA) is 245 Å². The van der Waals surface area contributed by atoms with Crippen LogP contribution in [0.5, 0.6) is 0 Å². The predicted octanol–water partition coefficient (Wildman–Crippen LogP) is 8.73. The molecule has 0 aromatic heterocycles. The molecule has 2 aliphatic heterocycles. The lowest BCUT2D eigenvalue weighted by Crippen LogP contribution is -2.65. The van der Waals surface area contributed by atoms with Gasteiger partial charge in [0.2, 0.25) is 18.3 Å². The van der Waals surface area contributed by atoms with E-state index >= 15 is 0 Å². The molecule has 414 valence electrons. The maximum atomic E-state index is 14.3. The molecular weight excluding hydrogens is 1100 g/mol. The summed E-state index contributed by atoms with van der Waals surface area (Å²) in [5.74, 6) is -7.93. The first kappa shape index (κ1) is 58.0. The fourth-order valence-corrected chi connectivity index (χ4v) is 8.40. The minimum atomic E-state index is -2.56. The summed E-state index contributed by atoms with van der Waals surface area (Å²) < 4.78 is 64.6. The lowest BCUT2D eigenvalue weighted by atomic mass is 9.96. The van der Waals surface area contributed by atoms with E-state index in [-0.39, 0.29) is 33.4 Å². The number of nitrogens with one attached hydrogen (secondary N) is 1. The molecule has 0 radical (unpaired) electrons. The van der Waals surface area contributed by atoms with Crippen LogP contribution in [0.1, 0.15) is 69.1 Å². The minimum absolute atomic E-state index is 0.00347. The van der Waals surface area contributed by atoms with E-state index in [0.29, 0.717) is 0 Å². The van der Waals surface area contributed by atoms with Crippen molar-refractivity contribution in [3.8, 4) is 0 Å². The molecule has 22 heteroatoms. The number of esters is 7. The highest BCUT2D eigenvalue weighted by Crippen LogP contribution is 2.37. The van der Waals surface area contributed by atoms with E-state index in [9.17, 15) is 33.6 Å². The molecule has 2 aliphatic rings. The van der Waals surface area contributed by atoms with Crippen molar-refractivity contribution in [1.29, 1.82) is 5.41 Å². The first-order valence-electron chi connectivity index (χ1n) is 24.5. The molecule has 2 saturated heterocycles. The monoisotopic (exact) mass is 1150 g/mol. The van der Waals surface area contributed by atoms with E-state index in [1.807, 2.05) is 0 Å². The average molecular weight is 1150 g/mol. The van der Waals surface area contributed by atoms with Crippen molar-refractivity contribution < 1.29 is 85.7 Å². The molecule has 80 heavy (non-hydrogen) atoms. The zero-order valence-electron chi connectivity index (χ0n) is 42.0. The number of hydrogen-bond donors (Lipinski definition) is 1. The molecule has 1 N–H and O–H groups in total. The van der Waals surface area contributed by atoms with Gasteiger partial charge in [-0.15, -0.1) is 0 Å². The second-order valence-corrected chi connectivity index (χ2v) is 19.9. The molecule has 0 aliphatic carbocycles. The molecule has 0 bridgehead atoms. The van der Waals surface area contributed by atoms with Crippen LogP contribution in [0.4, 0.5) is 0 Å². The van der Waals surface area contributed by atoms with Crippen LogP contribution < -0.4 is 0 Å². The second kappa shape index (κ2) is 27.1. The number of alkyl halides is 3. The van der Waals surface area contributed by atoms with Crippen LogP contribution in [0, 0.1) is 5.41 Å². The molecule has 19 nitrogen and oxygen atoms in total. The Morgan fingerprint density at radius 2 is 0.675 bits per heavy atom. The Hall–Kier alpha value is -8.17. The number of rotatable bonds is 18. The normalized spacial score (nSPS) is 22.4. The van der Waals surface area contributed by atoms with Gasteiger partial charge in [-0.2, -0.15) is 0 Å². The third-order valence-electron chi connectivity index (χ3n) is 12.1. The number of ether oxygens (including phenoxy) is 11. The maximum Gasteiger partial charge on any atom is 0.338 e. The number of hydrogen-bond acceptors (Lipinski definition) is 19. The molecule has 2 fully saturated rings. The van der Waals surface area contributed by atoms with E-state index in [4.69, 9.17) is 92.3 Å². The third kappa shape index (κ3) is 15.1. The van der Waals surface area contributed by atoms with Crippen LogP contribution >= 0.6 is 34.8 Å². The first-order chi connectivity index (χ1) is 38.5. The largest absolute Gasteiger partial charge is 0.459 e. The highest BCUT2D eigenvalue weighted by molar-refractivity contribution is 6.76. The van der Waals surface area contributed by atoms with E-state index in [1.165, 1.54) is 72.8 Å². The van der Waals surface area contributed by atoms with Gasteiger partial charge < -0.3 is 52.1 Å². The van der Waals surface area contributed by atoms with Gasteiger partial charge in [-0.1, -0.05) is 144 Å². The Morgan fingerprint density at radius 3 is 1.01 bits per heavy atom. The lowest BCUT2D eigenvalue weighted by Gasteiger charge is -2.46. The number of carbonyl (C=O) groups excluding carboxylic acids is 7. The molecule has 10 atom stereocenters. The van der Waals surface area contributed by atoms with Gasteiger partial charge in [0.25, 0.3) is 3.79 Å². The first-order valence-corrected chi connectivity index (χ1v) is 25.6. The minimum Gasteiger partial charge on any atom is -0.459 e. The van der Waals surface area contributed by atoms with Crippen molar-refractivity contribution in [2.75, 3.05) is 13.2 Å². The van der Waals surface area contributed by atoms with Crippen LogP contribution in [-0.2, 0) is 56.9 Å². The van der Waals surface area contributed by atoms with Crippen molar-refractivity contribution >= 4 is 82.5 Å². The van der Waals surface area contributed by atoms with Gasteiger partial charge in [0.1, 0.15) is 18.8 Å². The summed E-state index contributed by atoms with van der Waals surface area (Å²) in [5.41, 5.74) is 0.150. The van der Waals surface area contributed by atoms with Crippen LogP contribution in [0.3, 0.4) is 0 Å². The molecule has 0 unspecified atom stereocenters. The second-order valence-electron chi connectivity index (χ2n) is 17.6. The summed E-state index contributed by atoms with van der Waals surface area (Å²) in [6, 6.07) is 45.9. The Morgan fingerprint density at radius 1 is 0.388 bits per heavy atom. The summed E-state index contributed by atoms with van der Waals surface area (Å²) in [6.07, 6.45) is -18.6. The zero-order valence-corrected chi connectivity index (χ0v) is 44.3. The van der Waals surface area contributed by atoms with E-state index < -0.39 is 126 Å². The van der Waals surface area contributed by atoms with E-state index in [2.05, 4.69) is 0 Å². The van der Waals surface area contributed by atoms with Gasteiger partial charge in [0, 0.05) is 6.92 Å². The van der Waals surface area contributed by atoms with Gasteiger partial charge in [-0.05, 0) is 72.8 Å². The molecule has 0 spiro atoms. The standard InChI is InChI=1S/C58H48Cl3NO18/c1-34(63)72-48-46(78-53(68)39-28-16-6-17-29-39)44(76-51(66)37-24-12-4-13-25-37)42(74-56(48)80-57(62)58(59,60)61)33-71-55-47(79-54(69)40-30-18-7-19-31-40)45(77-52(67)38-26-14-5-15-27-38)43(75-50(65)36-22-10-3-11-23-36)41(73-55)32-70-49(64)35-20-8-2-9-21-35/h2-31,41-48,55-56,62H,32-33H2,1H3/t41-,42-,43+,44+,45+,46+,47-,48-,55-,56-/m1/s1. The van der Waals surface area contributed by atoms with Crippen LogP contribution in [0.2, 0.25) is 0 Å². The third-order valence-corrected chi connectivity index (χ3v) is 12.6. The van der Waals surface area contributed by atoms with Crippen molar-refractivity contribution in [1.82, 2.24) is 0 Å². The summed E-state index contributed by atoms with van der Waals surface area (Å²) >= 11 is 18.2. The quantitative estimate of drug-likeness (QED) is 0.0278. The van der Waals surface area contributed by atoms with Crippen molar-refractivity contribution in [2.24, 2.45) is 0 Å². The molecule has 6 aromatic carbocycles. The van der Waals surface area contributed by atoms with E-state index in [0.717, 1.165) is 6.92 Å². The lowest BCUT2D eigenvalue weighted by molar-refractivity contribution is -0.322. The summed E-state index contributed by atoms with van der Waals surface area (Å²) in [5, 5.41) is 8.52. The van der Waals surface area contributed by atoms with Crippen LogP contribution in [-0.4, -0.2) is 126 Å². The number of benzene rings is 6. The van der Waals surface area contributed by atoms with Gasteiger partial charge in [0.15, 0.2) is 36.8 Å². The summed E-state index contributed by atoms with van der Waals surface area (Å²) in [7, 11) is 0. The van der Waals surface area contributed by atoms with Gasteiger partial charge >= 0.3 is 41.8 Å². The average Bonchev–Trinajstić information content (AvgIpc) is 3.61. The van der Waals surface area contributed by atoms with Crippen LogP contribution in [0.25, 0.3) is 0 Å². The fourth-order valence-electron chi connectivity index (χ4n) is 8.27. The Kier molecular flexibility index (Phi) is 19.7. The zero-order chi connectivity index (χ0) is 56.8. The predicted molar refractivity (Wildman–Crippen MR) is 283 cm³/mol. The Labute approximate surface area is 472 Å². The van der Waals surface area contributed by atoms with Crippen molar-refractivity contribution in [3.05, 3.63) is 215 Å². The van der Waals surface area contributed by atoms with E-state index in [1.54, 1.807) is 109 Å². The SMILES string of the molecule is CC(=O)O[C@H]1[C@@H](OC(=N)C(Cl)(Cl)Cl)O[C@H](CO[C@@H]2O[C@H](COC(=O)c3ccccc3)[C@H](OC(=O)c3ccccc3)[C@H](OC(=O)c3ccccc3)[C@H]2OC(=O)c2ccccc2)[C@H](OC(=O)c2ccccc2)[C@@H]1OC(=O)c1ccccc1. The van der Waals surface area contributed by atoms with Crippen LogP contribution in [0.15, 0.2) is 182 Å². The van der Waals surface area contributed by atoms with Gasteiger partial charge in [0.05, 0.1) is 40.0 Å². The van der Waals surface area contributed by atoms with Crippen molar-refractivity contribution in [3.63, 3.8) is 0 Å². The molecule has 8 rings (SSSR count). The molecular formula is C58H48Cl3NO18.